The fourth-order valence-corrected chi connectivity index (χ4v) is 3.44. The molecule has 0 fully saturated rings. The fourth-order valence-electron chi connectivity index (χ4n) is 3.44. The van der Waals surface area contributed by atoms with Crippen LogP contribution < -0.4 is 14.8 Å². The molecule has 0 bridgehead atoms. The van der Waals surface area contributed by atoms with Crippen LogP contribution >= 0.6 is 0 Å². The first-order chi connectivity index (χ1) is 15.2. The second-order valence-corrected chi connectivity index (χ2v) is 7.03. The van der Waals surface area contributed by atoms with E-state index in [0.29, 0.717) is 19.6 Å². The van der Waals surface area contributed by atoms with Crippen LogP contribution in [-0.4, -0.2) is 35.7 Å². The van der Waals surface area contributed by atoms with E-state index in [-0.39, 0.29) is 5.91 Å². The van der Waals surface area contributed by atoms with Crippen molar-refractivity contribution in [2.75, 3.05) is 20.3 Å². The number of hydrogen-bond acceptors (Lipinski definition) is 4. The van der Waals surface area contributed by atoms with Crippen molar-refractivity contribution in [3.05, 3.63) is 72.6 Å². The summed E-state index contributed by atoms with van der Waals surface area (Å²) in [6.45, 7) is 7.30. The zero-order chi connectivity index (χ0) is 22.1. The van der Waals surface area contributed by atoms with Gasteiger partial charge in [0, 0.05) is 19.5 Å². The molecule has 0 unspecified atom stereocenters. The van der Waals surface area contributed by atoms with Crippen LogP contribution in [0.15, 0.2) is 61.2 Å². The number of amides is 1. The Morgan fingerprint density at radius 2 is 2.06 bits per heavy atom. The van der Waals surface area contributed by atoms with Gasteiger partial charge in [0.05, 0.1) is 24.8 Å². The summed E-state index contributed by atoms with van der Waals surface area (Å²) < 4.78 is 13.7. The Morgan fingerprint density at radius 1 is 1.23 bits per heavy atom. The van der Waals surface area contributed by atoms with Crippen molar-refractivity contribution in [1.82, 2.24) is 14.9 Å². The van der Waals surface area contributed by atoms with Gasteiger partial charge in [-0.05, 0) is 49.2 Å². The van der Waals surface area contributed by atoms with E-state index in [1.165, 1.54) is 6.08 Å². The molecule has 3 aromatic rings. The minimum absolute atomic E-state index is 0.176. The van der Waals surface area contributed by atoms with Crippen molar-refractivity contribution in [2.24, 2.45) is 0 Å². The summed E-state index contributed by atoms with van der Waals surface area (Å²) in [5.41, 5.74) is 3.11. The lowest BCUT2D eigenvalue weighted by molar-refractivity contribution is -0.116. The summed E-state index contributed by atoms with van der Waals surface area (Å²) in [5.74, 6) is 2.23. The Bertz CT molecular complexity index is 1070. The topological polar surface area (TPSA) is 65.4 Å². The number of hydrogen-bond donors (Lipinski definition) is 1. The number of para-hydroxylation sites is 2. The Labute approximate surface area is 183 Å². The number of allylic oxidation sites excluding steroid dienone is 1. The molecule has 162 valence electrons. The van der Waals surface area contributed by atoms with Crippen molar-refractivity contribution in [1.29, 1.82) is 0 Å². The van der Waals surface area contributed by atoms with E-state index >= 15 is 0 Å². The maximum Gasteiger partial charge on any atom is 0.243 e. The number of nitrogens with one attached hydrogen (secondary N) is 1. The number of ether oxygens (including phenoxy) is 2. The van der Waals surface area contributed by atoms with Crippen molar-refractivity contribution in [2.45, 2.75) is 26.3 Å². The summed E-state index contributed by atoms with van der Waals surface area (Å²) in [4.78, 5) is 16.2. The first kappa shape index (κ1) is 22.2. The van der Waals surface area contributed by atoms with E-state index in [1.807, 2.05) is 55.5 Å². The van der Waals surface area contributed by atoms with E-state index in [0.717, 1.165) is 46.9 Å². The maximum atomic E-state index is 11.4. The average molecular weight is 420 g/mol. The van der Waals surface area contributed by atoms with Crippen LogP contribution in [0.4, 0.5) is 0 Å². The van der Waals surface area contributed by atoms with Gasteiger partial charge in [0.15, 0.2) is 11.5 Å². The van der Waals surface area contributed by atoms with Crippen LogP contribution in [0.3, 0.4) is 0 Å². The molecule has 6 heteroatoms. The van der Waals surface area contributed by atoms with E-state index < -0.39 is 0 Å². The van der Waals surface area contributed by atoms with Gasteiger partial charge < -0.3 is 19.4 Å². The molecule has 1 N–H and O–H groups in total. The number of carbonyl (C=O) groups excluding carboxylic acids is 1. The Kier molecular flexibility index (Phi) is 7.87. The van der Waals surface area contributed by atoms with Gasteiger partial charge in [0.1, 0.15) is 5.82 Å². The number of fused-ring (bicyclic) bond motifs is 1. The third-order valence-electron chi connectivity index (χ3n) is 4.90. The van der Waals surface area contributed by atoms with Crippen molar-refractivity contribution < 1.29 is 14.3 Å². The molecule has 0 spiro atoms. The van der Waals surface area contributed by atoms with Gasteiger partial charge in [-0.15, -0.1) is 0 Å². The van der Waals surface area contributed by atoms with Crippen molar-refractivity contribution >= 4 is 23.0 Å². The number of aryl methyl sites for hydroxylation is 1. The molecule has 0 radical (unpaired) electrons. The molecule has 31 heavy (non-hydrogen) atoms. The van der Waals surface area contributed by atoms with Gasteiger partial charge in [-0.2, -0.15) is 0 Å². The normalized spacial score (nSPS) is 11.0. The summed E-state index contributed by atoms with van der Waals surface area (Å²) in [6.07, 6.45) is 6.75. The molecule has 0 atom stereocenters. The molecule has 0 aliphatic rings. The highest BCUT2D eigenvalue weighted by Crippen LogP contribution is 2.28. The van der Waals surface area contributed by atoms with Gasteiger partial charge in [-0.3, -0.25) is 4.79 Å². The number of rotatable bonds is 11. The monoisotopic (exact) mass is 419 g/mol. The molecule has 2 aromatic carbocycles. The van der Waals surface area contributed by atoms with E-state index in [9.17, 15) is 4.79 Å². The van der Waals surface area contributed by atoms with Crippen LogP contribution in [0.5, 0.6) is 11.5 Å². The smallest absolute Gasteiger partial charge is 0.243 e. The number of benzene rings is 2. The fraction of sp³-hybridized carbons (Fsp3) is 0.280. The minimum Gasteiger partial charge on any atom is -0.493 e. The zero-order valence-electron chi connectivity index (χ0n) is 18.1. The zero-order valence-corrected chi connectivity index (χ0v) is 18.1. The molecule has 1 aromatic heterocycles. The SMILES string of the molecule is C=CC(=O)NCCc1nc2ccccc2n1CCCOc1ccc(/C=C/C)cc1OC. The molecule has 0 aliphatic heterocycles. The summed E-state index contributed by atoms with van der Waals surface area (Å²) in [5, 5.41) is 2.81. The minimum atomic E-state index is -0.176. The lowest BCUT2D eigenvalue weighted by atomic mass is 10.2. The third-order valence-corrected chi connectivity index (χ3v) is 4.90. The Balaban J connectivity index is 1.64. The lowest BCUT2D eigenvalue weighted by Crippen LogP contribution is -2.24. The van der Waals surface area contributed by atoms with Crippen LogP contribution in [0, 0.1) is 0 Å². The first-order valence-corrected chi connectivity index (χ1v) is 10.4. The molecule has 1 amide bonds. The highest BCUT2D eigenvalue weighted by Gasteiger charge is 2.11. The number of carbonyl (C=O) groups is 1. The molecule has 0 saturated heterocycles. The highest BCUT2D eigenvalue weighted by molar-refractivity contribution is 5.86. The molecule has 0 aliphatic carbocycles. The van der Waals surface area contributed by atoms with E-state index in [1.54, 1.807) is 7.11 Å². The van der Waals surface area contributed by atoms with Gasteiger partial charge in [-0.1, -0.05) is 36.9 Å². The quantitative estimate of drug-likeness (QED) is 0.370. The highest BCUT2D eigenvalue weighted by atomic mass is 16.5. The molecular formula is C25H29N3O3. The van der Waals surface area contributed by atoms with Crippen LogP contribution in [0.2, 0.25) is 0 Å². The number of imidazole rings is 1. The lowest BCUT2D eigenvalue weighted by Gasteiger charge is -2.13. The molecular weight excluding hydrogens is 390 g/mol. The molecule has 0 saturated carbocycles. The third kappa shape index (κ3) is 5.75. The summed E-state index contributed by atoms with van der Waals surface area (Å²) in [7, 11) is 1.65. The largest absolute Gasteiger partial charge is 0.493 e. The maximum absolute atomic E-state index is 11.4. The van der Waals surface area contributed by atoms with Crippen molar-refractivity contribution in [3.63, 3.8) is 0 Å². The van der Waals surface area contributed by atoms with E-state index in [4.69, 9.17) is 14.5 Å². The first-order valence-electron chi connectivity index (χ1n) is 10.4. The number of aromatic nitrogens is 2. The Morgan fingerprint density at radius 3 is 2.84 bits per heavy atom. The Hall–Kier alpha value is -3.54. The predicted molar refractivity (Wildman–Crippen MR) is 124 cm³/mol. The van der Waals surface area contributed by atoms with Crippen LogP contribution in [-0.2, 0) is 17.8 Å². The second-order valence-electron chi connectivity index (χ2n) is 7.03. The summed E-state index contributed by atoms with van der Waals surface area (Å²) >= 11 is 0. The van der Waals surface area contributed by atoms with E-state index in [2.05, 4.69) is 22.5 Å². The number of nitrogens with zero attached hydrogens (tertiary/aromatic N) is 2. The second kappa shape index (κ2) is 11.0. The molecule has 3 rings (SSSR count). The molecule has 6 nitrogen and oxygen atoms in total. The van der Waals surface area contributed by atoms with Gasteiger partial charge >= 0.3 is 0 Å². The van der Waals surface area contributed by atoms with Gasteiger partial charge in [0.2, 0.25) is 5.91 Å². The van der Waals surface area contributed by atoms with Crippen LogP contribution in [0.1, 0.15) is 24.7 Å². The average Bonchev–Trinajstić information content (AvgIpc) is 3.14. The standard InChI is InChI=1S/C25H29N3O3/c1-4-9-19-12-13-22(23(18-19)30-3)31-17-8-16-28-21-11-7-6-10-20(21)27-24(28)14-15-26-25(29)5-2/h4-7,9-13,18H,2,8,14-17H2,1,3H3,(H,26,29)/b9-4+. The number of methoxy groups -OCH3 is 1. The van der Waals surface area contributed by atoms with Gasteiger partial charge in [0.25, 0.3) is 0 Å². The van der Waals surface area contributed by atoms with Crippen molar-refractivity contribution in [3.8, 4) is 11.5 Å². The summed E-state index contributed by atoms with van der Waals surface area (Å²) in [6, 6.07) is 14.0. The molecule has 1 heterocycles. The predicted octanol–water partition coefficient (Wildman–Crippen LogP) is 4.39. The van der Waals surface area contributed by atoms with Crippen LogP contribution in [0.25, 0.3) is 17.1 Å². The van der Waals surface area contributed by atoms with Gasteiger partial charge in [-0.25, -0.2) is 4.98 Å².